The van der Waals surface area contributed by atoms with Crippen LogP contribution in [-0.2, 0) is 14.4 Å². The Labute approximate surface area is 148 Å². The lowest BCUT2D eigenvalue weighted by Gasteiger charge is -2.16. The third-order valence-electron chi connectivity index (χ3n) is 3.45. The van der Waals surface area contributed by atoms with Gasteiger partial charge in [0.2, 0.25) is 5.91 Å². The van der Waals surface area contributed by atoms with Crippen LogP contribution in [0.3, 0.4) is 0 Å². The van der Waals surface area contributed by atoms with Gasteiger partial charge in [-0.15, -0.1) is 0 Å². The van der Waals surface area contributed by atoms with Crippen molar-refractivity contribution in [3.8, 4) is 0 Å². The molecule has 7 nitrogen and oxygen atoms in total. The minimum Gasteiger partial charge on any atom is -0.351 e. The van der Waals surface area contributed by atoms with Crippen molar-refractivity contribution in [1.29, 1.82) is 0 Å². The molecule has 0 fully saturated rings. The standard InChI is InChI=1S/C16H21F3N4O3/c1-3-20-13(25)8-23(4-2)9-14(26)21-7-12(24)22-11-6-5-10(17)15(18)16(11)19/h5-6H,3-4,7-9H2,1-2H3,(H,20,25)(H,21,26)(H,22,24)/p+1. The smallest absolute Gasteiger partial charge is 0.275 e. The molecule has 3 amide bonds. The van der Waals surface area contributed by atoms with E-state index in [1.165, 1.54) is 0 Å². The molecule has 4 N–H and O–H groups in total. The van der Waals surface area contributed by atoms with Crippen LogP contribution in [0.4, 0.5) is 18.9 Å². The van der Waals surface area contributed by atoms with Gasteiger partial charge in [-0.05, 0) is 26.0 Å². The lowest BCUT2D eigenvalue weighted by atomic mass is 10.2. The number of rotatable bonds is 9. The molecule has 0 aliphatic heterocycles. The molecule has 0 saturated carbocycles. The van der Waals surface area contributed by atoms with Gasteiger partial charge >= 0.3 is 0 Å². The van der Waals surface area contributed by atoms with Crippen LogP contribution in [0.25, 0.3) is 0 Å². The van der Waals surface area contributed by atoms with Gasteiger partial charge in [0.25, 0.3) is 11.8 Å². The monoisotopic (exact) mass is 375 g/mol. The number of hydrogen-bond acceptors (Lipinski definition) is 3. The van der Waals surface area contributed by atoms with Crippen molar-refractivity contribution in [2.75, 3.05) is 38.0 Å². The minimum atomic E-state index is -1.70. The Kier molecular flexibility index (Phi) is 8.56. The van der Waals surface area contributed by atoms with E-state index in [4.69, 9.17) is 0 Å². The first-order valence-corrected chi connectivity index (χ1v) is 8.08. The Morgan fingerprint density at radius 2 is 1.54 bits per heavy atom. The van der Waals surface area contributed by atoms with Crippen LogP contribution in [0.5, 0.6) is 0 Å². The molecule has 0 spiro atoms. The third kappa shape index (κ3) is 6.71. The molecule has 0 aliphatic rings. The van der Waals surface area contributed by atoms with Gasteiger partial charge in [0.15, 0.2) is 30.5 Å². The fraction of sp³-hybridized carbons (Fsp3) is 0.438. The second-order valence-corrected chi connectivity index (χ2v) is 5.46. The van der Waals surface area contributed by atoms with Crippen molar-refractivity contribution >= 4 is 23.4 Å². The molecule has 1 atom stereocenters. The number of quaternary nitrogens is 1. The number of anilines is 1. The Hall–Kier alpha value is -2.62. The maximum Gasteiger partial charge on any atom is 0.275 e. The summed E-state index contributed by atoms with van der Waals surface area (Å²) in [4.78, 5) is 35.8. The number of amides is 3. The number of carbonyl (C=O) groups is 3. The summed E-state index contributed by atoms with van der Waals surface area (Å²) >= 11 is 0. The average molecular weight is 375 g/mol. The molecule has 26 heavy (non-hydrogen) atoms. The lowest BCUT2D eigenvalue weighted by Crippen LogP contribution is -3.14. The first kappa shape index (κ1) is 21.4. The summed E-state index contributed by atoms with van der Waals surface area (Å²) in [7, 11) is 0. The minimum absolute atomic E-state index is 0.0273. The number of carbonyl (C=O) groups excluding carboxylic acids is 3. The Bertz CT molecular complexity index is 670. The first-order valence-electron chi connectivity index (χ1n) is 8.08. The zero-order valence-corrected chi connectivity index (χ0v) is 14.5. The number of nitrogens with one attached hydrogen (secondary N) is 4. The van der Waals surface area contributed by atoms with Gasteiger partial charge in [-0.2, -0.15) is 0 Å². The summed E-state index contributed by atoms with van der Waals surface area (Å²) in [5, 5.41) is 6.99. The molecule has 144 valence electrons. The molecule has 10 heteroatoms. The van der Waals surface area contributed by atoms with Crippen LogP contribution >= 0.6 is 0 Å². The van der Waals surface area contributed by atoms with Gasteiger partial charge in [0, 0.05) is 6.54 Å². The molecule has 0 aliphatic carbocycles. The molecule has 0 radical (unpaired) electrons. The zero-order valence-electron chi connectivity index (χ0n) is 14.5. The summed E-state index contributed by atoms with van der Waals surface area (Å²) in [5.74, 6) is -6.06. The number of benzene rings is 1. The van der Waals surface area contributed by atoms with E-state index in [1.54, 1.807) is 13.8 Å². The highest BCUT2D eigenvalue weighted by Crippen LogP contribution is 2.19. The van der Waals surface area contributed by atoms with Crippen molar-refractivity contribution in [2.24, 2.45) is 0 Å². The molecular weight excluding hydrogens is 353 g/mol. The average Bonchev–Trinajstić information content (AvgIpc) is 2.60. The molecule has 0 saturated heterocycles. The van der Waals surface area contributed by atoms with Gasteiger partial charge in [-0.3, -0.25) is 14.4 Å². The summed E-state index contributed by atoms with van der Waals surface area (Å²) in [6.45, 7) is 4.21. The van der Waals surface area contributed by atoms with Gasteiger partial charge < -0.3 is 20.9 Å². The second-order valence-electron chi connectivity index (χ2n) is 5.46. The van der Waals surface area contributed by atoms with E-state index in [-0.39, 0.29) is 19.0 Å². The lowest BCUT2D eigenvalue weighted by molar-refractivity contribution is -0.881. The SMILES string of the molecule is CCNC(=O)C[NH+](CC)CC(=O)NCC(=O)Nc1ccc(F)c(F)c1F. The molecule has 1 aromatic carbocycles. The molecule has 1 aromatic rings. The molecule has 0 aromatic heterocycles. The highest BCUT2D eigenvalue weighted by molar-refractivity contribution is 5.94. The number of hydrogen-bond donors (Lipinski definition) is 4. The molecule has 0 heterocycles. The fourth-order valence-electron chi connectivity index (χ4n) is 2.08. The summed E-state index contributed by atoms with van der Waals surface area (Å²) in [5.41, 5.74) is -0.528. The zero-order chi connectivity index (χ0) is 19.7. The topological polar surface area (TPSA) is 91.7 Å². The maximum atomic E-state index is 13.5. The van der Waals surface area contributed by atoms with Crippen molar-refractivity contribution in [2.45, 2.75) is 13.8 Å². The largest absolute Gasteiger partial charge is 0.351 e. The van der Waals surface area contributed by atoms with Crippen LogP contribution in [0.15, 0.2) is 12.1 Å². The molecular formula is C16H22F3N4O3+. The van der Waals surface area contributed by atoms with Crippen molar-refractivity contribution in [3.63, 3.8) is 0 Å². The Morgan fingerprint density at radius 3 is 2.12 bits per heavy atom. The summed E-state index contributed by atoms with van der Waals surface area (Å²) < 4.78 is 39.4. The molecule has 1 rings (SSSR count). The van der Waals surface area contributed by atoms with Gasteiger partial charge in [-0.1, -0.05) is 0 Å². The van der Waals surface area contributed by atoms with Crippen molar-refractivity contribution in [3.05, 3.63) is 29.6 Å². The van der Waals surface area contributed by atoms with Crippen molar-refractivity contribution < 1.29 is 32.5 Å². The van der Waals surface area contributed by atoms with E-state index in [2.05, 4.69) is 10.6 Å². The molecule has 1 unspecified atom stereocenters. The second kappa shape index (κ2) is 10.4. The normalized spacial score (nSPS) is 11.6. The van der Waals surface area contributed by atoms with E-state index < -0.39 is 41.5 Å². The van der Waals surface area contributed by atoms with E-state index >= 15 is 0 Å². The van der Waals surface area contributed by atoms with Gasteiger partial charge in [0.1, 0.15) is 0 Å². The third-order valence-corrected chi connectivity index (χ3v) is 3.45. The Balaban J connectivity index is 2.47. The van der Waals surface area contributed by atoms with E-state index in [0.717, 1.165) is 6.07 Å². The van der Waals surface area contributed by atoms with Crippen molar-refractivity contribution in [1.82, 2.24) is 10.6 Å². The van der Waals surface area contributed by atoms with Gasteiger partial charge in [-0.25, -0.2) is 13.2 Å². The quantitative estimate of drug-likeness (QED) is 0.426. The van der Waals surface area contributed by atoms with Crippen LogP contribution in [0.2, 0.25) is 0 Å². The van der Waals surface area contributed by atoms with E-state index in [0.29, 0.717) is 24.1 Å². The fourth-order valence-corrected chi connectivity index (χ4v) is 2.08. The summed E-state index contributed by atoms with van der Waals surface area (Å²) in [6.07, 6.45) is 0. The van der Waals surface area contributed by atoms with Crippen LogP contribution in [0.1, 0.15) is 13.8 Å². The number of halogens is 3. The highest BCUT2D eigenvalue weighted by Gasteiger charge is 2.18. The van der Waals surface area contributed by atoms with Crippen LogP contribution < -0.4 is 20.9 Å². The highest BCUT2D eigenvalue weighted by atomic mass is 19.2. The predicted molar refractivity (Wildman–Crippen MR) is 87.9 cm³/mol. The van der Waals surface area contributed by atoms with E-state index in [1.807, 2.05) is 5.32 Å². The number of likely N-dealkylation sites (N-methyl/N-ethyl adjacent to an activating group) is 2. The van der Waals surface area contributed by atoms with Gasteiger partial charge in [0.05, 0.1) is 18.8 Å². The maximum absolute atomic E-state index is 13.5. The molecule has 0 bridgehead atoms. The van der Waals surface area contributed by atoms with Crippen LogP contribution in [-0.4, -0.2) is 50.4 Å². The predicted octanol–water partition coefficient (Wildman–Crippen LogP) is -0.800. The first-order chi connectivity index (χ1) is 12.3. The summed E-state index contributed by atoms with van der Waals surface area (Å²) in [6, 6.07) is 1.55. The van der Waals surface area contributed by atoms with Crippen LogP contribution in [0, 0.1) is 17.5 Å². The van der Waals surface area contributed by atoms with E-state index in [9.17, 15) is 27.6 Å². The Morgan fingerprint density at radius 1 is 0.923 bits per heavy atom.